The lowest BCUT2D eigenvalue weighted by Crippen LogP contribution is -2.19. The van der Waals surface area contributed by atoms with Crippen molar-refractivity contribution in [2.24, 2.45) is 7.05 Å². The van der Waals surface area contributed by atoms with Gasteiger partial charge in [0.2, 0.25) is 0 Å². The van der Waals surface area contributed by atoms with Crippen molar-refractivity contribution >= 4 is 26.7 Å². The van der Waals surface area contributed by atoms with Gasteiger partial charge in [-0.3, -0.25) is 18.8 Å². The number of hydrogen-bond acceptors (Lipinski definition) is 7. The van der Waals surface area contributed by atoms with E-state index in [4.69, 9.17) is 4.74 Å². The van der Waals surface area contributed by atoms with Gasteiger partial charge in [-0.1, -0.05) is 5.16 Å². The van der Waals surface area contributed by atoms with E-state index in [1.807, 2.05) is 25.2 Å². The van der Waals surface area contributed by atoms with Gasteiger partial charge in [-0.2, -0.15) is 5.10 Å². The summed E-state index contributed by atoms with van der Waals surface area (Å²) in [5.74, 6) is 0.562. The molecule has 34 heavy (non-hydrogen) atoms. The van der Waals surface area contributed by atoms with E-state index >= 15 is 0 Å². The average Bonchev–Trinajstić information content (AvgIpc) is 3.49. The maximum absolute atomic E-state index is 13.0. The highest BCUT2D eigenvalue weighted by Gasteiger charge is 2.18. The van der Waals surface area contributed by atoms with Crippen molar-refractivity contribution in [3.05, 3.63) is 83.5 Å². The molecule has 5 aromatic rings. The number of aryl methyl sites for hydroxylation is 1. The predicted molar refractivity (Wildman–Crippen MR) is 126 cm³/mol. The number of nitrogens with zero attached hydrogens (tertiary/aromatic N) is 4. The Kier molecular flexibility index (Phi) is 5.17. The number of ether oxygens (including phenoxy) is 1. The number of hydrogen-bond donors (Lipinski definition) is 1. The van der Waals surface area contributed by atoms with Crippen molar-refractivity contribution in [3.63, 3.8) is 0 Å². The van der Waals surface area contributed by atoms with Gasteiger partial charge < -0.3 is 9.26 Å². The van der Waals surface area contributed by atoms with Gasteiger partial charge in [0.1, 0.15) is 12.0 Å². The highest BCUT2D eigenvalue weighted by Crippen LogP contribution is 2.31. The monoisotopic (exact) mass is 477 g/mol. The minimum Gasteiger partial charge on any atom is -0.495 e. The SMILES string of the molecule is COc1ccc(-c2ccnn2C)cc1-n1c(=O)ccc2cc(S(=O)(=O)Nc3ccon3)ccc21. The third kappa shape index (κ3) is 3.71. The van der Waals surface area contributed by atoms with Crippen molar-refractivity contribution in [3.8, 4) is 22.7 Å². The molecule has 1 N–H and O–H groups in total. The molecule has 11 heteroatoms. The number of fused-ring (bicyclic) bond motifs is 1. The predicted octanol–water partition coefficient (Wildman–Crippen LogP) is 3.19. The Morgan fingerprint density at radius 1 is 1.03 bits per heavy atom. The molecule has 0 unspecified atom stereocenters. The number of methoxy groups -OCH3 is 1. The normalized spacial score (nSPS) is 11.6. The van der Waals surface area contributed by atoms with Crippen molar-refractivity contribution in [2.75, 3.05) is 11.8 Å². The van der Waals surface area contributed by atoms with Crippen LogP contribution in [0.4, 0.5) is 5.82 Å². The third-order valence-electron chi connectivity index (χ3n) is 5.39. The lowest BCUT2D eigenvalue weighted by atomic mass is 10.1. The second-order valence-corrected chi connectivity index (χ2v) is 9.13. The molecule has 3 aromatic heterocycles. The van der Waals surface area contributed by atoms with Crippen LogP contribution in [0, 0.1) is 0 Å². The first-order chi connectivity index (χ1) is 16.4. The average molecular weight is 478 g/mol. The molecule has 0 aliphatic carbocycles. The van der Waals surface area contributed by atoms with E-state index in [-0.39, 0.29) is 16.3 Å². The van der Waals surface area contributed by atoms with Crippen molar-refractivity contribution in [2.45, 2.75) is 4.90 Å². The van der Waals surface area contributed by atoms with Crippen LogP contribution in [0.1, 0.15) is 0 Å². The van der Waals surface area contributed by atoms with Gasteiger partial charge in [0.15, 0.2) is 5.82 Å². The number of nitrogens with one attached hydrogen (secondary N) is 1. The topological polar surface area (TPSA) is 121 Å². The van der Waals surface area contributed by atoms with Crippen LogP contribution in [0.5, 0.6) is 5.75 Å². The van der Waals surface area contributed by atoms with Crippen molar-refractivity contribution in [1.82, 2.24) is 19.5 Å². The third-order valence-corrected chi connectivity index (χ3v) is 6.74. The standard InChI is InChI=1S/C23H19N5O5S/c1-27-18(9-11-24-27)16-3-7-21(32-2)20(14-16)28-19-6-5-17(13-15(19)4-8-23(28)29)34(30,31)26-22-10-12-33-25-22/h3-14H,1-2H3,(H,25,26). The van der Waals surface area contributed by atoms with Crippen molar-refractivity contribution < 1.29 is 17.7 Å². The summed E-state index contributed by atoms with van der Waals surface area (Å²) in [6, 6.07) is 16.3. The Labute approximate surface area is 194 Å². The van der Waals surface area contributed by atoms with Crippen LogP contribution < -0.4 is 15.0 Å². The summed E-state index contributed by atoms with van der Waals surface area (Å²) in [5, 5.41) is 8.34. The van der Waals surface area contributed by atoms with Crippen LogP contribution in [0.2, 0.25) is 0 Å². The number of rotatable bonds is 6. The fourth-order valence-corrected chi connectivity index (χ4v) is 4.81. The smallest absolute Gasteiger partial charge is 0.263 e. The summed E-state index contributed by atoms with van der Waals surface area (Å²) in [7, 11) is -0.552. The highest BCUT2D eigenvalue weighted by atomic mass is 32.2. The van der Waals surface area contributed by atoms with E-state index in [0.29, 0.717) is 22.3 Å². The summed E-state index contributed by atoms with van der Waals surface area (Å²) in [6.07, 6.45) is 2.96. The highest BCUT2D eigenvalue weighted by molar-refractivity contribution is 7.92. The fourth-order valence-electron chi connectivity index (χ4n) is 3.78. The van der Waals surface area contributed by atoms with Crippen LogP contribution in [0.15, 0.2) is 87.3 Å². The summed E-state index contributed by atoms with van der Waals surface area (Å²) in [6.45, 7) is 0. The van der Waals surface area contributed by atoms with E-state index < -0.39 is 10.0 Å². The number of sulfonamides is 1. The molecule has 0 amide bonds. The molecule has 0 aliphatic heterocycles. The van der Waals surface area contributed by atoms with Gasteiger partial charge in [-0.05, 0) is 48.5 Å². The summed E-state index contributed by atoms with van der Waals surface area (Å²) in [4.78, 5) is 13.0. The summed E-state index contributed by atoms with van der Waals surface area (Å²) in [5.41, 5.74) is 2.46. The van der Waals surface area contributed by atoms with Crippen LogP contribution >= 0.6 is 0 Å². The number of benzene rings is 2. The van der Waals surface area contributed by atoms with E-state index in [1.165, 1.54) is 42.2 Å². The second-order valence-electron chi connectivity index (χ2n) is 7.44. The van der Waals surface area contributed by atoms with E-state index in [1.54, 1.807) is 29.1 Å². The molecule has 0 aliphatic rings. The lowest BCUT2D eigenvalue weighted by Gasteiger charge is -2.16. The zero-order valence-corrected chi connectivity index (χ0v) is 19.0. The zero-order valence-electron chi connectivity index (χ0n) is 18.2. The number of pyridine rings is 1. The molecule has 172 valence electrons. The molecule has 10 nitrogen and oxygen atoms in total. The first kappa shape index (κ1) is 21.5. The molecule has 5 rings (SSSR count). The Balaban J connectivity index is 1.67. The molecule has 0 atom stereocenters. The van der Waals surface area contributed by atoms with E-state index in [0.717, 1.165) is 11.3 Å². The number of aromatic nitrogens is 4. The minimum atomic E-state index is -3.91. The van der Waals surface area contributed by atoms with Gasteiger partial charge in [0.25, 0.3) is 15.6 Å². The molecule has 3 heterocycles. The molecule has 0 fully saturated rings. The van der Waals surface area contributed by atoms with Gasteiger partial charge in [0.05, 0.1) is 28.9 Å². The van der Waals surface area contributed by atoms with Gasteiger partial charge in [-0.15, -0.1) is 0 Å². The molecular formula is C23H19N5O5S. The molecule has 2 aromatic carbocycles. The van der Waals surface area contributed by atoms with E-state index in [2.05, 4.69) is 19.5 Å². The van der Waals surface area contributed by atoms with E-state index in [9.17, 15) is 13.2 Å². The Morgan fingerprint density at radius 2 is 1.88 bits per heavy atom. The maximum Gasteiger partial charge on any atom is 0.263 e. The summed E-state index contributed by atoms with van der Waals surface area (Å²) >= 11 is 0. The maximum atomic E-state index is 13.0. The van der Waals surface area contributed by atoms with Crippen molar-refractivity contribution in [1.29, 1.82) is 0 Å². The van der Waals surface area contributed by atoms with Gasteiger partial charge in [-0.25, -0.2) is 8.42 Å². The first-order valence-electron chi connectivity index (χ1n) is 10.1. The van der Waals surface area contributed by atoms with Gasteiger partial charge >= 0.3 is 0 Å². The lowest BCUT2D eigenvalue weighted by molar-refractivity contribution is 0.413. The van der Waals surface area contributed by atoms with Crippen LogP contribution in [-0.2, 0) is 17.1 Å². The molecule has 0 radical (unpaired) electrons. The fraction of sp³-hybridized carbons (Fsp3) is 0.0870. The molecule has 0 saturated heterocycles. The summed E-state index contributed by atoms with van der Waals surface area (Å²) < 4.78 is 41.4. The van der Waals surface area contributed by atoms with Crippen LogP contribution in [0.3, 0.4) is 0 Å². The number of anilines is 1. The second kappa shape index (κ2) is 8.19. The molecule has 0 bridgehead atoms. The quantitative estimate of drug-likeness (QED) is 0.399. The molecule has 0 saturated carbocycles. The Bertz CT molecular complexity index is 1670. The molecule has 0 spiro atoms. The van der Waals surface area contributed by atoms with Crippen LogP contribution in [-0.4, -0.2) is 35.0 Å². The molecular weight excluding hydrogens is 458 g/mol. The van der Waals surface area contributed by atoms with Crippen LogP contribution in [0.25, 0.3) is 27.8 Å². The minimum absolute atomic E-state index is 0.0174. The zero-order chi connectivity index (χ0) is 23.9. The first-order valence-corrected chi connectivity index (χ1v) is 11.6. The largest absolute Gasteiger partial charge is 0.495 e. The Hall–Kier alpha value is -4.38. The van der Waals surface area contributed by atoms with Gasteiger partial charge in [0, 0.05) is 36.3 Å². The Morgan fingerprint density at radius 3 is 2.59 bits per heavy atom.